The average Bonchev–Trinajstić information content (AvgIpc) is 2.38. The van der Waals surface area contributed by atoms with Crippen LogP contribution in [0.5, 0.6) is 0 Å². The van der Waals surface area contributed by atoms with Gasteiger partial charge in [-0.1, -0.05) is 39.0 Å². The minimum atomic E-state index is -0.711. The van der Waals surface area contributed by atoms with E-state index in [1.807, 2.05) is 27.7 Å². The lowest BCUT2D eigenvalue weighted by molar-refractivity contribution is -0.158. The summed E-state index contributed by atoms with van der Waals surface area (Å²) in [6.45, 7) is 15.3. The normalized spacial score (nSPS) is 12.5. The van der Waals surface area contributed by atoms with Gasteiger partial charge in [0, 0.05) is 6.42 Å². The molecule has 0 fully saturated rings. The third kappa shape index (κ3) is 13.4. The second-order valence-corrected chi connectivity index (χ2v) is 6.06. The van der Waals surface area contributed by atoms with Gasteiger partial charge in [0.25, 0.3) is 0 Å². The van der Waals surface area contributed by atoms with Crippen LogP contribution in [0.4, 0.5) is 0 Å². The van der Waals surface area contributed by atoms with E-state index in [0.29, 0.717) is 6.42 Å². The fourth-order valence-corrected chi connectivity index (χ4v) is 1.40. The predicted octanol–water partition coefficient (Wildman–Crippen LogP) is 4.75. The van der Waals surface area contributed by atoms with Gasteiger partial charge in [0.2, 0.25) is 0 Å². The molecule has 4 heteroatoms. The Balaban J connectivity index is 0. The lowest BCUT2D eigenvalue weighted by Gasteiger charge is -2.26. The molecular formula is C18H32O4. The zero-order valence-corrected chi connectivity index (χ0v) is 14.9. The van der Waals surface area contributed by atoms with Gasteiger partial charge >= 0.3 is 11.9 Å². The minimum absolute atomic E-state index is 0.0947. The zero-order chi connectivity index (χ0) is 17.8. The number of hydrogen-bond donors (Lipinski definition) is 1. The molecule has 22 heavy (non-hydrogen) atoms. The quantitative estimate of drug-likeness (QED) is 0.519. The molecule has 0 bridgehead atoms. The fourth-order valence-electron chi connectivity index (χ4n) is 1.40. The number of rotatable bonds is 8. The van der Waals surface area contributed by atoms with Crippen LogP contribution in [0.25, 0.3) is 0 Å². The Kier molecular flexibility index (Phi) is 12.4. The Morgan fingerprint density at radius 3 is 2.14 bits per heavy atom. The van der Waals surface area contributed by atoms with Gasteiger partial charge in [0.15, 0.2) is 0 Å². The SMILES string of the molecule is C=CC(C)(CCC=C(C)C)OC(=O)C(C)C.CCCC(=O)O. The van der Waals surface area contributed by atoms with Crippen LogP contribution >= 0.6 is 0 Å². The average molecular weight is 312 g/mol. The van der Waals surface area contributed by atoms with Crippen molar-refractivity contribution in [3.8, 4) is 0 Å². The summed E-state index contributed by atoms with van der Waals surface area (Å²) in [7, 11) is 0. The summed E-state index contributed by atoms with van der Waals surface area (Å²) in [6, 6.07) is 0. The molecule has 128 valence electrons. The first-order chi connectivity index (χ1) is 10.1. The van der Waals surface area contributed by atoms with Crippen LogP contribution in [-0.4, -0.2) is 22.6 Å². The molecule has 0 rings (SSSR count). The van der Waals surface area contributed by atoms with Crippen molar-refractivity contribution >= 4 is 11.9 Å². The number of hydrogen-bond acceptors (Lipinski definition) is 3. The molecule has 0 saturated carbocycles. The molecule has 0 aromatic heterocycles. The van der Waals surface area contributed by atoms with E-state index in [0.717, 1.165) is 19.3 Å². The lowest BCUT2D eigenvalue weighted by Crippen LogP contribution is -2.31. The molecule has 0 heterocycles. The first-order valence-electron chi connectivity index (χ1n) is 7.79. The van der Waals surface area contributed by atoms with Crippen LogP contribution in [0.1, 0.15) is 67.2 Å². The highest BCUT2D eigenvalue weighted by Gasteiger charge is 2.25. The van der Waals surface area contributed by atoms with Crippen molar-refractivity contribution in [3.05, 3.63) is 24.3 Å². The van der Waals surface area contributed by atoms with Gasteiger partial charge in [0.1, 0.15) is 5.60 Å². The van der Waals surface area contributed by atoms with Crippen LogP contribution in [0, 0.1) is 5.92 Å². The van der Waals surface area contributed by atoms with Crippen LogP contribution in [0.2, 0.25) is 0 Å². The van der Waals surface area contributed by atoms with Gasteiger partial charge in [0.05, 0.1) is 5.92 Å². The highest BCUT2D eigenvalue weighted by atomic mass is 16.6. The van der Waals surface area contributed by atoms with Gasteiger partial charge in [-0.15, -0.1) is 0 Å². The maximum atomic E-state index is 11.5. The van der Waals surface area contributed by atoms with Crippen molar-refractivity contribution in [1.82, 2.24) is 0 Å². The number of carbonyl (C=O) groups excluding carboxylic acids is 1. The molecule has 0 spiro atoms. The summed E-state index contributed by atoms with van der Waals surface area (Å²) in [6.07, 6.45) is 6.56. The van der Waals surface area contributed by atoms with Crippen molar-refractivity contribution in [1.29, 1.82) is 0 Å². The molecule has 1 atom stereocenters. The Morgan fingerprint density at radius 2 is 1.86 bits per heavy atom. The number of carboxylic acids is 1. The Hall–Kier alpha value is -1.58. The predicted molar refractivity (Wildman–Crippen MR) is 90.7 cm³/mol. The monoisotopic (exact) mass is 312 g/mol. The molecule has 1 unspecified atom stereocenters. The highest BCUT2D eigenvalue weighted by Crippen LogP contribution is 2.21. The number of ether oxygens (including phenoxy) is 1. The van der Waals surface area contributed by atoms with Crippen LogP contribution < -0.4 is 0 Å². The topological polar surface area (TPSA) is 63.6 Å². The molecule has 0 aliphatic heterocycles. The van der Waals surface area contributed by atoms with Crippen molar-refractivity contribution < 1.29 is 19.4 Å². The molecular weight excluding hydrogens is 280 g/mol. The first kappa shape index (κ1) is 22.7. The summed E-state index contributed by atoms with van der Waals surface area (Å²) in [5, 5.41) is 7.91. The lowest BCUT2D eigenvalue weighted by atomic mass is 9.99. The highest BCUT2D eigenvalue weighted by molar-refractivity contribution is 5.72. The van der Waals surface area contributed by atoms with Crippen molar-refractivity contribution in [3.63, 3.8) is 0 Å². The van der Waals surface area contributed by atoms with E-state index in [1.165, 1.54) is 5.57 Å². The number of esters is 1. The van der Waals surface area contributed by atoms with Gasteiger partial charge in [-0.05, 0) is 46.1 Å². The summed E-state index contributed by atoms with van der Waals surface area (Å²) in [4.78, 5) is 21.1. The number of carboxylic acid groups (broad SMARTS) is 1. The van der Waals surface area contributed by atoms with Crippen LogP contribution in [0.15, 0.2) is 24.3 Å². The van der Waals surface area contributed by atoms with Crippen molar-refractivity contribution in [2.75, 3.05) is 0 Å². The van der Waals surface area contributed by atoms with E-state index in [2.05, 4.69) is 26.5 Å². The van der Waals surface area contributed by atoms with Gasteiger partial charge < -0.3 is 9.84 Å². The maximum Gasteiger partial charge on any atom is 0.309 e. The van der Waals surface area contributed by atoms with Crippen molar-refractivity contribution in [2.45, 2.75) is 72.8 Å². The first-order valence-corrected chi connectivity index (χ1v) is 7.79. The Labute approximate surface area is 135 Å². The summed E-state index contributed by atoms with van der Waals surface area (Å²) in [5.41, 5.74) is 0.731. The largest absolute Gasteiger partial charge is 0.481 e. The molecule has 1 N–H and O–H groups in total. The van der Waals surface area contributed by atoms with Gasteiger partial charge in [-0.2, -0.15) is 0 Å². The van der Waals surface area contributed by atoms with E-state index in [4.69, 9.17) is 9.84 Å². The Bertz CT molecular complexity index is 379. The molecule has 0 saturated heterocycles. The molecule has 4 nitrogen and oxygen atoms in total. The summed E-state index contributed by atoms with van der Waals surface area (Å²) < 4.78 is 5.44. The van der Waals surface area contributed by atoms with E-state index in [9.17, 15) is 9.59 Å². The van der Waals surface area contributed by atoms with Crippen molar-refractivity contribution in [2.24, 2.45) is 5.92 Å². The number of carbonyl (C=O) groups is 2. The van der Waals surface area contributed by atoms with E-state index in [-0.39, 0.29) is 11.9 Å². The van der Waals surface area contributed by atoms with Crippen LogP contribution in [-0.2, 0) is 14.3 Å². The molecule has 0 amide bonds. The zero-order valence-electron chi connectivity index (χ0n) is 14.9. The molecule has 0 radical (unpaired) electrons. The smallest absolute Gasteiger partial charge is 0.309 e. The van der Waals surface area contributed by atoms with Gasteiger partial charge in [-0.3, -0.25) is 9.59 Å². The molecule has 0 aliphatic rings. The number of allylic oxidation sites excluding steroid dienone is 2. The Morgan fingerprint density at radius 1 is 1.32 bits per heavy atom. The summed E-state index contributed by atoms with van der Waals surface area (Å²) in [5.74, 6) is -0.972. The van der Waals surface area contributed by atoms with Crippen LogP contribution in [0.3, 0.4) is 0 Å². The fraction of sp³-hybridized carbons (Fsp3) is 0.667. The third-order valence-corrected chi connectivity index (χ3v) is 2.89. The minimum Gasteiger partial charge on any atom is -0.481 e. The van der Waals surface area contributed by atoms with Gasteiger partial charge in [-0.25, -0.2) is 0 Å². The third-order valence-electron chi connectivity index (χ3n) is 2.89. The molecule has 0 aliphatic carbocycles. The second kappa shape index (κ2) is 12.0. The summed E-state index contributed by atoms with van der Waals surface area (Å²) >= 11 is 0. The maximum absolute atomic E-state index is 11.5. The molecule has 0 aromatic rings. The number of aliphatic carboxylic acids is 1. The van der Waals surface area contributed by atoms with E-state index in [1.54, 1.807) is 6.08 Å². The standard InChI is InChI=1S/C14H24O2.C4H8O2/c1-7-14(6,10-8-9-11(2)3)16-13(15)12(4)5;1-2-3-4(5)6/h7,9,12H,1,8,10H2,2-6H3;2-3H2,1H3,(H,5,6). The van der Waals surface area contributed by atoms with E-state index < -0.39 is 11.6 Å². The second-order valence-electron chi connectivity index (χ2n) is 6.06. The van der Waals surface area contributed by atoms with E-state index >= 15 is 0 Å². The molecule has 0 aromatic carbocycles.